The smallest absolute Gasteiger partial charge is 0.320 e. The van der Waals surface area contributed by atoms with E-state index in [1.165, 1.54) is 6.07 Å². The average Bonchev–Trinajstić information content (AvgIpc) is 3.49. The molecule has 1 saturated heterocycles. The number of carbonyl (C=O) groups excluding carboxylic acids is 2. The molecule has 0 radical (unpaired) electrons. The minimum absolute atomic E-state index is 0.0106. The predicted molar refractivity (Wildman–Crippen MR) is 108 cm³/mol. The fourth-order valence-corrected chi connectivity index (χ4v) is 4.71. The minimum Gasteiger partial charge on any atom is -0.465 e. The Balaban J connectivity index is 1.69. The van der Waals surface area contributed by atoms with Crippen LogP contribution in [0.3, 0.4) is 0 Å². The molecule has 1 saturated carbocycles. The topological polar surface area (TPSA) is 96.0 Å². The van der Waals surface area contributed by atoms with Crippen molar-refractivity contribution in [2.24, 2.45) is 0 Å². The van der Waals surface area contributed by atoms with Gasteiger partial charge in [0.2, 0.25) is 10.0 Å². The SMILES string of the molecule is CCOC(=O)CN1CCCN(C(=O)c2cc(S(=O)(=O)NC3CC3)ccc2C)CC1. The van der Waals surface area contributed by atoms with Crippen LogP contribution in [-0.2, 0) is 19.6 Å². The van der Waals surface area contributed by atoms with E-state index in [0.717, 1.165) is 24.8 Å². The second kappa shape index (κ2) is 9.23. The Morgan fingerprint density at radius 2 is 1.93 bits per heavy atom. The van der Waals surface area contributed by atoms with Crippen molar-refractivity contribution in [1.82, 2.24) is 14.5 Å². The summed E-state index contributed by atoms with van der Waals surface area (Å²) >= 11 is 0. The highest BCUT2D eigenvalue weighted by Crippen LogP contribution is 2.24. The molecule has 1 aliphatic heterocycles. The first-order chi connectivity index (χ1) is 13.8. The quantitative estimate of drug-likeness (QED) is 0.661. The number of amides is 1. The van der Waals surface area contributed by atoms with E-state index < -0.39 is 10.0 Å². The first-order valence-electron chi connectivity index (χ1n) is 10.1. The number of hydrogen-bond donors (Lipinski definition) is 1. The third kappa shape index (κ3) is 5.77. The summed E-state index contributed by atoms with van der Waals surface area (Å²) in [5, 5.41) is 0. The summed E-state index contributed by atoms with van der Waals surface area (Å²) in [5.74, 6) is -0.437. The van der Waals surface area contributed by atoms with Crippen molar-refractivity contribution in [1.29, 1.82) is 0 Å². The summed E-state index contributed by atoms with van der Waals surface area (Å²) in [7, 11) is -3.62. The predicted octanol–water partition coefficient (Wildman–Crippen LogP) is 1.15. The van der Waals surface area contributed by atoms with Crippen LogP contribution >= 0.6 is 0 Å². The number of ether oxygens (including phenoxy) is 1. The third-order valence-electron chi connectivity index (χ3n) is 5.18. The molecule has 3 rings (SSSR count). The van der Waals surface area contributed by atoms with Gasteiger partial charge in [0.1, 0.15) is 0 Å². The number of carbonyl (C=O) groups is 2. The van der Waals surface area contributed by atoms with Gasteiger partial charge in [0.05, 0.1) is 18.0 Å². The fraction of sp³-hybridized carbons (Fsp3) is 0.600. The number of rotatable bonds is 7. The number of hydrogen-bond acceptors (Lipinski definition) is 6. The molecule has 0 bridgehead atoms. The van der Waals surface area contributed by atoms with E-state index in [-0.39, 0.29) is 29.4 Å². The van der Waals surface area contributed by atoms with Gasteiger partial charge in [-0.15, -0.1) is 0 Å². The van der Waals surface area contributed by atoms with Crippen molar-refractivity contribution in [2.45, 2.75) is 44.0 Å². The molecule has 29 heavy (non-hydrogen) atoms. The lowest BCUT2D eigenvalue weighted by Crippen LogP contribution is -2.37. The Hall–Kier alpha value is -1.97. The van der Waals surface area contributed by atoms with Gasteiger partial charge in [-0.1, -0.05) is 6.07 Å². The summed E-state index contributed by atoms with van der Waals surface area (Å²) < 4.78 is 32.7. The molecule has 0 aromatic heterocycles. The van der Waals surface area contributed by atoms with E-state index in [4.69, 9.17) is 4.74 Å². The maximum Gasteiger partial charge on any atom is 0.320 e. The van der Waals surface area contributed by atoms with Crippen LogP contribution < -0.4 is 4.72 Å². The van der Waals surface area contributed by atoms with E-state index >= 15 is 0 Å². The zero-order valence-corrected chi connectivity index (χ0v) is 17.8. The maximum absolute atomic E-state index is 13.1. The van der Waals surface area contributed by atoms with Crippen LogP contribution in [0.1, 0.15) is 42.1 Å². The van der Waals surface area contributed by atoms with E-state index in [2.05, 4.69) is 4.72 Å². The van der Waals surface area contributed by atoms with Crippen LogP contribution in [0.2, 0.25) is 0 Å². The van der Waals surface area contributed by atoms with Crippen LogP contribution in [0.15, 0.2) is 23.1 Å². The number of sulfonamides is 1. The molecule has 0 spiro atoms. The van der Waals surface area contributed by atoms with Gasteiger partial charge in [0, 0.05) is 37.8 Å². The molecular formula is C20H29N3O5S. The Kier molecular flexibility index (Phi) is 6.92. The lowest BCUT2D eigenvalue weighted by molar-refractivity contribution is -0.144. The molecule has 0 unspecified atom stereocenters. The van der Waals surface area contributed by atoms with Crippen LogP contribution in [-0.4, -0.2) is 75.5 Å². The Labute approximate surface area is 172 Å². The molecule has 1 amide bonds. The second-order valence-corrected chi connectivity index (χ2v) is 9.31. The highest BCUT2D eigenvalue weighted by molar-refractivity contribution is 7.89. The molecule has 8 nitrogen and oxygen atoms in total. The van der Waals surface area contributed by atoms with E-state index in [1.807, 2.05) is 11.8 Å². The van der Waals surface area contributed by atoms with E-state index in [1.54, 1.807) is 24.0 Å². The monoisotopic (exact) mass is 423 g/mol. The zero-order chi connectivity index (χ0) is 21.0. The summed E-state index contributed by atoms with van der Waals surface area (Å²) in [6, 6.07) is 4.71. The summed E-state index contributed by atoms with van der Waals surface area (Å²) in [4.78, 5) is 28.7. The molecule has 9 heteroatoms. The average molecular weight is 424 g/mol. The highest BCUT2D eigenvalue weighted by atomic mass is 32.2. The zero-order valence-electron chi connectivity index (χ0n) is 17.0. The van der Waals surface area contributed by atoms with E-state index in [0.29, 0.717) is 38.3 Å². The number of esters is 1. The summed E-state index contributed by atoms with van der Waals surface area (Å²) in [6.45, 7) is 6.48. The van der Waals surface area contributed by atoms with Crippen molar-refractivity contribution in [3.63, 3.8) is 0 Å². The Morgan fingerprint density at radius 1 is 1.17 bits per heavy atom. The van der Waals surface area contributed by atoms with Gasteiger partial charge in [-0.2, -0.15) is 0 Å². The van der Waals surface area contributed by atoms with Crippen molar-refractivity contribution < 1.29 is 22.7 Å². The molecule has 0 atom stereocenters. The lowest BCUT2D eigenvalue weighted by Gasteiger charge is -2.22. The van der Waals surface area contributed by atoms with Crippen molar-refractivity contribution in [2.75, 3.05) is 39.3 Å². The summed E-state index contributed by atoms with van der Waals surface area (Å²) in [5.41, 5.74) is 1.15. The van der Waals surface area contributed by atoms with Gasteiger partial charge in [0.15, 0.2) is 0 Å². The number of aryl methyl sites for hydroxylation is 1. The van der Waals surface area contributed by atoms with Crippen molar-refractivity contribution in [3.8, 4) is 0 Å². The minimum atomic E-state index is -3.62. The van der Waals surface area contributed by atoms with Gasteiger partial charge in [-0.3, -0.25) is 14.5 Å². The van der Waals surface area contributed by atoms with Gasteiger partial charge in [-0.25, -0.2) is 13.1 Å². The van der Waals surface area contributed by atoms with E-state index in [9.17, 15) is 18.0 Å². The van der Waals surface area contributed by atoms with Crippen molar-refractivity contribution in [3.05, 3.63) is 29.3 Å². The summed E-state index contributed by atoms with van der Waals surface area (Å²) in [6.07, 6.45) is 2.45. The largest absolute Gasteiger partial charge is 0.465 e. The van der Waals surface area contributed by atoms with Crippen LogP contribution in [0.4, 0.5) is 0 Å². The number of nitrogens with one attached hydrogen (secondary N) is 1. The molecule has 1 N–H and O–H groups in total. The third-order valence-corrected chi connectivity index (χ3v) is 6.70. The molecule has 1 heterocycles. The first kappa shape index (κ1) is 21.7. The van der Waals surface area contributed by atoms with Gasteiger partial charge in [-0.05, 0) is 50.8 Å². The molecule has 1 aliphatic carbocycles. The molecule has 1 aromatic rings. The Morgan fingerprint density at radius 3 is 2.62 bits per heavy atom. The fourth-order valence-electron chi connectivity index (χ4n) is 3.38. The second-order valence-electron chi connectivity index (χ2n) is 7.60. The van der Waals surface area contributed by atoms with Gasteiger partial charge < -0.3 is 9.64 Å². The van der Waals surface area contributed by atoms with Gasteiger partial charge in [0.25, 0.3) is 5.91 Å². The highest BCUT2D eigenvalue weighted by Gasteiger charge is 2.29. The molecule has 160 valence electrons. The molecule has 2 fully saturated rings. The molecule has 1 aromatic carbocycles. The molecule has 2 aliphatic rings. The van der Waals surface area contributed by atoms with Crippen molar-refractivity contribution >= 4 is 21.9 Å². The van der Waals surface area contributed by atoms with Gasteiger partial charge >= 0.3 is 5.97 Å². The van der Waals surface area contributed by atoms with Crippen LogP contribution in [0, 0.1) is 6.92 Å². The number of nitrogens with zero attached hydrogens (tertiary/aromatic N) is 2. The lowest BCUT2D eigenvalue weighted by atomic mass is 10.1. The first-order valence-corrected chi connectivity index (χ1v) is 11.6. The standard InChI is InChI=1S/C20H29N3O5S/c1-3-28-19(24)14-22-9-4-10-23(12-11-22)20(25)18-13-17(8-5-15(18)2)29(26,27)21-16-6-7-16/h5,8,13,16,21H,3-4,6-7,9-12,14H2,1-2H3. The maximum atomic E-state index is 13.1. The normalized spacial score (nSPS) is 18.3. The molecular weight excluding hydrogens is 394 g/mol. The van der Waals surface area contributed by atoms with Crippen LogP contribution in [0.5, 0.6) is 0 Å². The van der Waals surface area contributed by atoms with Crippen LogP contribution in [0.25, 0.3) is 0 Å². The number of benzene rings is 1. The Bertz CT molecular complexity index is 867.